The first-order valence-electron chi connectivity index (χ1n) is 9.29. The smallest absolute Gasteiger partial charge is 0.291 e. The van der Waals surface area contributed by atoms with E-state index < -0.39 is 0 Å². The number of anilines is 1. The van der Waals surface area contributed by atoms with Crippen LogP contribution in [0.1, 0.15) is 46.6 Å². The zero-order valence-electron chi connectivity index (χ0n) is 16.7. The molecule has 0 unspecified atom stereocenters. The zero-order chi connectivity index (χ0) is 20.9. The number of rotatable bonds is 7. The molecule has 0 aliphatic rings. The van der Waals surface area contributed by atoms with Crippen molar-refractivity contribution in [3.63, 3.8) is 0 Å². The Morgan fingerprint density at radius 3 is 2.45 bits per heavy atom. The van der Waals surface area contributed by atoms with Gasteiger partial charge >= 0.3 is 0 Å². The van der Waals surface area contributed by atoms with E-state index in [1.54, 1.807) is 24.3 Å². The minimum absolute atomic E-state index is 0.101. The quantitative estimate of drug-likeness (QED) is 0.551. The Labute approximate surface area is 173 Å². The summed E-state index contributed by atoms with van der Waals surface area (Å²) in [4.78, 5) is 24.7. The third-order valence-electron chi connectivity index (χ3n) is 4.19. The predicted molar refractivity (Wildman–Crippen MR) is 114 cm³/mol. The van der Waals surface area contributed by atoms with Crippen molar-refractivity contribution in [2.45, 2.75) is 26.2 Å². The van der Waals surface area contributed by atoms with E-state index in [0.717, 1.165) is 5.75 Å². The fraction of sp³-hybridized carbons (Fsp3) is 0.273. The summed E-state index contributed by atoms with van der Waals surface area (Å²) < 4.78 is 10.7. The molecule has 152 valence electrons. The van der Waals surface area contributed by atoms with Gasteiger partial charge in [-0.15, -0.1) is 11.3 Å². The summed E-state index contributed by atoms with van der Waals surface area (Å²) in [5.74, 6) is 0.429. The van der Waals surface area contributed by atoms with Crippen LogP contribution in [0.3, 0.4) is 0 Å². The van der Waals surface area contributed by atoms with E-state index in [1.165, 1.54) is 23.2 Å². The number of carbonyl (C=O) groups excluding carboxylic acids is 2. The first-order chi connectivity index (χ1) is 13.8. The lowest BCUT2D eigenvalue weighted by Crippen LogP contribution is -2.27. The van der Waals surface area contributed by atoms with Crippen molar-refractivity contribution in [1.29, 1.82) is 0 Å². The van der Waals surface area contributed by atoms with E-state index in [2.05, 4.69) is 43.5 Å². The van der Waals surface area contributed by atoms with Crippen molar-refractivity contribution in [2.75, 3.05) is 18.5 Å². The summed E-state index contributed by atoms with van der Waals surface area (Å²) in [6.45, 7) is 7.24. The molecule has 3 rings (SSSR count). The van der Waals surface area contributed by atoms with Crippen molar-refractivity contribution < 1.29 is 18.7 Å². The van der Waals surface area contributed by atoms with Crippen LogP contribution in [0.15, 0.2) is 59.2 Å². The van der Waals surface area contributed by atoms with Gasteiger partial charge in [-0.2, -0.15) is 0 Å². The van der Waals surface area contributed by atoms with Crippen LogP contribution >= 0.6 is 11.3 Å². The highest BCUT2D eigenvalue weighted by Crippen LogP contribution is 2.24. The average molecular weight is 413 g/mol. The van der Waals surface area contributed by atoms with Crippen LogP contribution in [0.4, 0.5) is 5.00 Å². The maximum absolute atomic E-state index is 12.3. The number of benzene rings is 1. The molecule has 0 aliphatic carbocycles. The van der Waals surface area contributed by atoms with Crippen LogP contribution in [-0.4, -0.2) is 25.0 Å². The second-order valence-corrected chi connectivity index (χ2v) is 8.56. The summed E-state index contributed by atoms with van der Waals surface area (Å²) in [6.07, 6.45) is 1.43. The number of hydrogen-bond acceptors (Lipinski definition) is 5. The molecule has 2 aromatic heterocycles. The molecule has 3 aromatic rings. The van der Waals surface area contributed by atoms with Crippen molar-refractivity contribution in [1.82, 2.24) is 5.32 Å². The topological polar surface area (TPSA) is 80.6 Å². The Morgan fingerprint density at radius 2 is 1.79 bits per heavy atom. The molecular formula is C22H24N2O4S. The van der Waals surface area contributed by atoms with Gasteiger partial charge in [-0.3, -0.25) is 9.59 Å². The van der Waals surface area contributed by atoms with Gasteiger partial charge in [0.25, 0.3) is 11.8 Å². The molecule has 2 amide bonds. The summed E-state index contributed by atoms with van der Waals surface area (Å²) >= 11 is 1.20. The number of ether oxygens (including phenoxy) is 1. The van der Waals surface area contributed by atoms with Gasteiger partial charge in [0.05, 0.1) is 22.7 Å². The zero-order valence-corrected chi connectivity index (χ0v) is 17.5. The number of amides is 2. The Kier molecular flexibility index (Phi) is 6.39. The van der Waals surface area contributed by atoms with E-state index in [9.17, 15) is 9.59 Å². The standard InChI is InChI=1S/C22H24N2O4S/c1-22(2,3)15-6-8-16(9-7-15)27-14-12-23-21(26)18-10-11-19(29-18)24-20(25)17-5-4-13-28-17/h4-11,13H,12,14H2,1-3H3,(H,23,26)(H,24,25). The largest absolute Gasteiger partial charge is 0.492 e. The minimum atomic E-state index is -0.352. The van der Waals surface area contributed by atoms with Crippen LogP contribution < -0.4 is 15.4 Å². The third-order valence-corrected chi connectivity index (χ3v) is 5.19. The highest BCUT2D eigenvalue weighted by molar-refractivity contribution is 7.18. The van der Waals surface area contributed by atoms with Gasteiger partial charge in [-0.05, 0) is 47.4 Å². The molecule has 0 saturated carbocycles. The molecule has 7 heteroatoms. The number of thiophene rings is 1. The Balaban J connectivity index is 1.43. The third kappa shape index (κ3) is 5.71. The summed E-state index contributed by atoms with van der Waals surface area (Å²) in [6, 6.07) is 14.6. The van der Waals surface area contributed by atoms with E-state index in [4.69, 9.17) is 9.15 Å². The molecule has 0 spiro atoms. The van der Waals surface area contributed by atoms with Gasteiger partial charge in [-0.25, -0.2) is 0 Å². The highest BCUT2D eigenvalue weighted by Gasteiger charge is 2.14. The van der Waals surface area contributed by atoms with Gasteiger partial charge in [0, 0.05) is 0 Å². The normalized spacial score (nSPS) is 11.1. The molecule has 29 heavy (non-hydrogen) atoms. The van der Waals surface area contributed by atoms with Crippen LogP contribution in [0, 0.1) is 0 Å². The lowest BCUT2D eigenvalue weighted by molar-refractivity contribution is 0.0949. The van der Waals surface area contributed by atoms with Crippen LogP contribution in [0.2, 0.25) is 0 Å². The van der Waals surface area contributed by atoms with Gasteiger partial charge in [0.15, 0.2) is 5.76 Å². The maximum atomic E-state index is 12.3. The molecular weight excluding hydrogens is 388 g/mol. The highest BCUT2D eigenvalue weighted by atomic mass is 32.1. The molecule has 0 radical (unpaired) electrons. The summed E-state index contributed by atoms with van der Waals surface area (Å²) in [5.41, 5.74) is 1.34. The van der Waals surface area contributed by atoms with Gasteiger partial charge in [0.1, 0.15) is 12.4 Å². The second-order valence-electron chi connectivity index (χ2n) is 7.47. The maximum Gasteiger partial charge on any atom is 0.291 e. The molecule has 2 heterocycles. The molecule has 0 saturated heterocycles. The molecule has 0 atom stereocenters. The first kappa shape index (κ1) is 20.7. The summed E-state index contributed by atoms with van der Waals surface area (Å²) in [5, 5.41) is 6.09. The monoisotopic (exact) mass is 412 g/mol. The van der Waals surface area contributed by atoms with Crippen LogP contribution in [0.25, 0.3) is 0 Å². The van der Waals surface area contributed by atoms with Gasteiger partial charge < -0.3 is 19.8 Å². The van der Waals surface area contributed by atoms with Crippen molar-refractivity contribution in [2.24, 2.45) is 0 Å². The van der Waals surface area contributed by atoms with Crippen molar-refractivity contribution >= 4 is 28.2 Å². The number of nitrogens with one attached hydrogen (secondary N) is 2. The molecule has 0 aliphatic heterocycles. The Hall–Kier alpha value is -3.06. The van der Waals surface area contributed by atoms with Crippen molar-refractivity contribution in [3.8, 4) is 5.75 Å². The lowest BCUT2D eigenvalue weighted by atomic mass is 9.87. The number of furan rings is 1. The fourth-order valence-electron chi connectivity index (χ4n) is 2.58. The van der Waals surface area contributed by atoms with Gasteiger partial charge in [-0.1, -0.05) is 32.9 Å². The fourth-order valence-corrected chi connectivity index (χ4v) is 3.40. The van der Waals surface area contributed by atoms with E-state index in [0.29, 0.717) is 23.0 Å². The molecule has 0 bridgehead atoms. The van der Waals surface area contributed by atoms with E-state index in [-0.39, 0.29) is 23.0 Å². The van der Waals surface area contributed by atoms with E-state index in [1.807, 2.05) is 12.1 Å². The second kappa shape index (κ2) is 8.96. The van der Waals surface area contributed by atoms with E-state index >= 15 is 0 Å². The minimum Gasteiger partial charge on any atom is -0.492 e. The molecule has 0 fully saturated rings. The number of carbonyl (C=O) groups is 2. The Morgan fingerprint density at radius 1 is 1.03 bits per heavy atom. The average Bonchev–Trinajstić information content (AvgIpc) is 3.37. The summed E-state index contributed by atoms with van der Waals surface area (Å²) in [7, 11) is 0. The molecule has 1 aromatic carbocycles. The number of hydrogen-bond donors (Lipinski definition) is 2. The SMILES string of the molecule is CC(C)(C)c1ccc(OCCNC(=O)c2ccc(NC(=O)c3ccco3)s2)cc1. The molecule has 6 nitrogen and oxygen atoms in total. The van der Waals surface area contributed by atoms with Crippen LogP contribution in [0.5, 0.6) is 5.75 Å². The van der Waals surface area contributed by atoms with Crippen molar-refractivity contribution in [3.05, 3.63) is 71.0 Å². The van der Waals surface area contributed by atoms with Gasteiger partial charge in [0.2, 0.25) is 0 Å². The predicted octanol–water partition coefficient (Wildman–Crippen LogP) is 4.70. The van der Waals surface area contributed by atoms with Crippen LogP contribution in [-0.2, 0) is 5.41 Å². The Bertz CT molecular complexity index is 954. The molecule has 2 N–H and O–H groups in total. The first-order valence-corrected chi connectivity index (χ1v) is 10.1. The lowest BCUT2D eigenvalue weighted by Gasteiger charge is -2.19.